The Kier molecular flexibility index (Phi) is 8.53. The first kappa shape index (κ1) is 22.4. The molecule has 0 amide bonds. The Balaban J connectivity index is 2.84. The van der Waals surface area contributed by atoms with Gasteiger partial charge in [-0.25, -0.2) is 0 Å². The van der Waals surface area contributed by atoms with Gasteiger partial charge in [0.25, 0.3) is 0 Å². The van der Waals surface area contributed by atoms with Crippen LogP contribution in [0.3, 0.4) is 0 Å². The Bertz CT molecular complexity index is 670. The summed E-state index contributed by atoms with van der Waals surface area (Å²) in [5.74, 6) is -1.54. The Morgan fingerprint density at radius 3 is 2.31 bits per heavy atom. The number of Topliss-reactive ketones (excluding diaryl/α,β-unsaturated/α-hetero) is 1. The average molecular weight is 404 g/mol. The van der Waals surface area contributed by atoms with Crippen LogP contribution in [0, 0.1) is 0 Å². The van der Waals surface area contributed by atoms with E-state index >= 15 is 0 Å². The van der Waals surface area contributed by atoms with E-state index in [0.717, 1.165) is 5.56 Å². The summed E-state index contributed by atoms with van der Waals surface area (Å²) in [5.41, 5.74) is 0.105. The third-order valence-electron chi connectivity index (χ3n) is 3.27. The zero-order valence-electron chi connectivity index (χ0n) is 15.2. The lowest BCUT2D eigenvalue weighted by Crippen LogP contribution is -2.43. The molecule has 0 radical (unpaired) electrons. The van der Waals surface area contributed by atoms with Crippen molar-refractivity contribution in [1.82, 2.24) is 5.32 Å². The number of ether oxygens (including phenoxy) is 2. The first-order valence-corrected chi connectivity index (χ1v) is 8.76. The van der Waals surface area contributed by atoms with Gasteiger partial charge < -0.3 is 9.47 Å². The van der Waals surface area contributed by atoms with Crippen molar-refractivity contribution in [2.24, 2.45) is 0 Å². The second-order valence-electron chi connectivity index (χ2n) is 6.69. The fraction of sp³-hybridized carbons (Fsp3) is 0.500. The number of nitrogens with one attached hydrogen (secondary N) is 1. The first-order valence-electron chi connectivity index (χ1n) is 8.00. The summed E-state index contributed by atoms with van der Waals surface area (Å²) in [4.78, 5) is 35.7. The molecule has 1 aromatic carbocycles. The molecular weight excluding hydrogens is 381 g/mol. The Hall–Kier alpha value is -1.63. The topological polar surface area (TPSA) is 81.7 Å². The lowest BCUT2D eigenvalue weighted by molar-refractivity contribution is -0.153. The maximum absolute atomic E-state index is 12.4. The van der Waals surface area contributed by atoms with Crippen molar-refractivity contribution in [2.45, 2.75) is 45.3 Å². The Morgan fingerprint density at radius 2 is 1.77 bits per heavy atom. The molecule has 1 unspecified atom stereocenters. The number of benzene rings is 1. The van der Waals surface area contributed by atoms with E-state index in [0.29, 0.717) is 10.0 Å². The van der Waals surface area contributed by atoms with Crippen molar-refractivity contribution in [3.63, 3.8) is 0 Å². The molecule has 26 heavy (non-hydrogen) atoms. The minimum Gasteiger partial charge on any atom is -0.469 e. The maximum atomic E-state index is 12.4. The first-order chi connectivity index (χ1) is 12.0. The summed E-state index contributed by atoms with van der Waals surface area (Å²) in [6.07, 6.45) is -0.167. The molecule has 8 heteroatoms. The van der Waals surface area contributed by atoms with Gasteiger partial charge in [0.1, 0.15) is 12.0 Å². The lowest BCUT2D eigenvalue weighted by atomic mass is 10.0. The number of rotatable bonds is 8. The molecule has 0 aromatic heterocycles. The maximum Gasteiger partial charge on any atom is 0.320 e. The molecule has 0 saturated heterocycles. The third kappa shape index (κ3) is 8.17. The number of methoxy groups -OCH3 is 1. The summed E-state index contributed by atoms with van der Waals surface area (Å²) in [7, 11) is 1.21. The van der Waals surface area contributed by atoms with Crippen molar-refractivity contribution in [1.29, 1.82) is 0 Å². The third-order valence-corrected chi connectivity index (χ3v) is 4.01. The number of hydrogen-bond donors (Lipinski definition) is 1. The van der Waals surface area contributed by atoms with Gasteiger partial charge in [0, 0.05) is 0 Å². The van der Waals surface area contributed by atoms with Crippen LogP contribution < -0.4 is 5.32 Å². The second kappa shape index (κ2) is 9.90. The van der Waals surface area contributed by atoms with E-state index in [9.17, 15) is 14.4 Å². The van der Waals surface area contributed by atoms with Gasteiger partial charge in [0.2, 0.25) is 0 Å². The molecule has 1 atom stereocenters. The van der Waals surface area contributed by atoms with E-state index in [1.807, 2.05) is 0 Å². The molecule has 0 saturated carbocycles. The van der Waals surface area contributed by atoms with Gasteiger partial charge in [-0.15, -0.1) is 0 Å². The smallest absolute Gasteiger partial charge is 0.320 e. The van der Waals surface area contributed by atoms with Crippen molar-refractivity contribution in [3.05, 3.63) is 33.8 Å². The van der Waals surface area contributed by atoms with Gasteiger partial charge in [0.05, 0.1) is 29.7 Å². The van der Waals surface area contributed by atoms with Crippen molar-refractivity contribution < 1.29 is 23.9 Å². The van der Waals surface area contributed by atoms with Crippen LogP contribution in [0.1, 0.15) is 32.8 Å². The summed E-state index contributed by atoms with van der Waals surface area (Å²) in [6.45, 7) is 5.08. The zero-order chi connectivity index (χ0) is 19.9. The van der Waals surface area contributed by atoms with Crippen LogP contribution in [0.5, 0.6) is 0 Å². The molecule has 0 aliphatic carbocycles. The average Bonchev–Trinajstić information content (AvgIpc) is 2.52. The number of carbonyl (C=O) groups is 3. The monoisotopic (exact) mass is 403 g/mol. The lowest BCUT2D eigenvalue weighted by Gasteiger charge is -2.22. The van der Waals surface area contributed by atoms with Crippen molar-refractivity contribution in [3.8, 4) is 0 Å². The van der Waals surface area contributed by atoms with Crippen LogP contribution in [-0.2, 0) is 30.3 Å². The van der Waals surface area contributed by atoms with E-state index in [1.54, 1.807) is 39.0 Å². The summed E-state index contributed by atoms with van der Waals surface area (Å²) < 4.78 is 9.74. The zero-order valence-corrected chi connectivity index (χ0v) is 16.7. The predicted octanol–water partition coefficient (Wildman–Crippen LogP) is 2.97. The molecule has 144 valence electrons. The van der Waals surface area contributed by atoms with Gasteiger partial charge in [-0.2, -0.15) is 0 Å². The SMILES string of the molecule is COC(=O)CC(=O)C(Cc1ccc(Cl)c(Cl)c1)NCC(=O)OC(C)(C)C. The van der Waals surface area contributed by atoms with Crippen LogP contribution in [-0.4, -0.2) is 43.0 Å². The largest absolute Gasteiger partial charge is 0.469 e. The van der Waals surface area contributed by atoms with Crippen LogP contribution >= 0.6 is 23.2 Å². The number of esters is 2. The van der Waals surface area contributed by atoms with Gasteiger partial charge >= 0.3 is 11.9 Å². The highest BCUT2D eigenvalue weighted by Crippen LogP contribution is 2.23. The van der Waals surface area contributed by atoms with Gasteiger partial charge in [-0.1, -0.05) is 29.3 Å². The predicted molar refractivity (Wildman–Crippen MR) is 99.4 cm³/mol. The minimum atomic E-state index is -0.779. The van der Waals surface area contributed by atoms with E-state index < -0.39 is 35.8 Å². The van der Waals surface area contributed by atoms with Crippen LogP contribution in [0.15, 0.2) is 18.2 Å². The quantitative estimate of drug-likeness (QED) is 0.530. The molecule has 1 aromatic rings. The minimum absolute atomic E-state index is 0.170. The van der Waals surface area contributed by atoms with E-state index in [4.69, 9.17) is 27.9 Å². The molecule has 0 bridgehead atoms. The molecule has 6 nitrogen and oxygen atoms in total. The number of ketones is 1. The highest BCUT2D eigenvalue weighted by atomic mass is 35.5. The van der Waals surface area contributed by atoms with E-state index in [1.165, 1.54) is 7.11 Å². The summed E-state index contributed by atoms with van der Waals surface area (Å²) in [6, 6.07) is 4.20. The Morgan fingerprint density at radius 1 is 1.12 bits per heavy atom. The van der Waals surface area contributed by atoms with E-state index in [-0.39, 0.29) is 13.0 Å². The van der Waals surface area contributed by atoms with Crippen molar-refractivity contribution >= 4 is 40.9 Å². The van der Waals surface area contributed by atoms with Gasteiger partial charge in [-0.05, 0) is 44.9 Å². The molecule has 0 fully saturated rings. The molecule has 0 aliphatic heterocycles. The normalized spacial score (nSPS) is 12.4. The molecule has 0 aliphatic rings. The van der Waals surface area contributed by atoms with Gasteiger partial charge in [-0.3, -0.25) is 19.7 Å². The number of hydrogen-bond acceptors (Lipinski definition) is 6. The molecular formula is C18H23Cl2NO5. The fourth-order valence-corrected chi connectivity index (χ4v) is 2.44. The van der Waals surface area contributed by atoms with Crippen molar-refractivity contribution in [2.75, 3.05) is 13.7 Å². The fourth-order valence-electron chi connectivity index (χ4n) is 2.12. The number of carbonyl (C=O) groups excluding carboxylic acids is 3. The van der Waals surface area contributed by atoms with E-state index in [2.05, 4.69) is 10.1 Å². The van der Waals surface area contributed by atoms with Crippen LogP contribution in [0.2, 0.25) is 10.0 Å². The molecule has 1 rings (SSSR count). The number of halogens is 2. The van der Waals surface area contributed by atoms with Crippen LogP contribution in [0.4, 0.5) is 0 Å². The highest BCUT2D eigenvalue weighted by molar-refractivity contribution is 6.42. The molecule has 1 N–H and O–H groups in total. The summed E-state index contributed by atoms with van der Waals surface area (Å²) >= 11 is 11.9. The standard InChI is InChI=1S/C18H23Cl2NO5/c1-18(2,3)26-17(24)10-21-14(15(22)9-16(23)25-4)8-11-5-6-12(19)13(20)7-11/h5-7,14,21H,8-10H2,1-4H3. The second-order valence-corrected chi connectivity index (χ2v) is 7.51. The Labute approximate surface area is 163 Å². The highest BCUT2D eigenvalue weighted by Gasteiger charge is 2.24. The molecule has 0 heterocycles. The van der Waals surface area contributed by atoms with Crippen LogP contribution in [0.25, 0.3) is 0 Å². The van der Waals surface area contributed by atoms with Gasteiger partial charge in [0.15, 0.2) is 5.78 Å². The molecule has 0 spiro atoms. The summed E-state index contributed by atoms with van der Waals surface area (Å²) in [5, 5.41) is 3.60.